The van der Waals surface area contributed by atoms with Crippen molar-refractivity contribution in [1.82, 2.24) is 4.98 Å². The third-order valence-corrected chi connectivity index (χ3v) is 5.01. The summed E-state index contributed by atoms with van der Waals surface area (Å²) >= 11 is 0.799. The maximum absolute atomic E-state index is 12.7. The molecule has 0 aliphatic carbocycles. The minimum Gasteiger partial charge on any atom is -0.477 e. The van der Waals surface area contributed by atoms with Crippen LogP contribution in [0, 0.1) is 0 Å². The van der Waals surface area contributed by atoms with E-state index >= 15 is 0 Å². The molecule has 0 bridgehead atoms. The third-order valence-electron chi connectivity index (χ3n) is 3.88. The minimum absolute atomic E-state index is 0.00503. The molecule has 3 aromatic rings. The fourth-order valence-corrected chi connectivity index (χ4v) is 3.49. The number of nitrogens with zero attached hydrogens (tertiary/aromatic N) is 1. The fourth-order valence-electron chi connectivity index (χ4n) is 2.57. The van der Waals surface area contributed by atoms with E-state index in [-0.39, 0.29) is 22.0 Å². The molecule has 30 heavy (non-hydrogen) atoms. The minimum atomic E-state index is -4.83. The first kappa shape index (κ1) is 21.6. The van der Waals surface area contributed by atoms with Gasteiger partial charge < -0.3 is 9.84 Å². The van der Waals surface area contributed by atoms with Gasteiger partial charge >= 0.3 is 18.5 Å². The van der Waals surface area contributed by atoms with Crippen molar-refractivity contribution >= 4 is 17.3 Å². The largest absolute Gasteiger partial charge is 0.573 e. The van der Waals surface area contributed by atoms with Crippen LogP contribution in [0.3, 0.4) is 0 Å². The van der Waals surface area contributed by atoms with Gasteiger partial charge in [0.1, 0.15) is 15.6 Å². The molecule has 0 unspecified atom stereocenters. The van der Waals surface area contributed by atoms with Crippen molar-refractivity contribution in [2.45, 2.75) is 19.0 Å². The van der Waals surface area contributed by atoms with Gasteiger partial charge in [0, 0.05) is 12.0 Å². The van der Waals surface area contributed by atoms with Gasteiger partial charge in [0.2, 0.25) is 0 Å². The lowest BCUT2D eigenvalue weighted by Gasteiger charge is -2.09. The predicted molar refractivity (Wildman–Crippen MR) is 95.4 cm³/mol. The Morgan fingerprint density at radius 3 is 2.07 bits per heavy atom. The summed E-state index contributed by atoms with van der Waals surface area (Å²) in [5.74, 6) is -1.69. The summed E-state index contributed by atoms with van der Waals surface area (Å²) < 4.78 is 78.5. The Labute approximate surface area is 169 Å². The van der Waals surface area contributed by atoms with Gasteiger partial charge in [0.05, 0.1) is 11.3 Å². The molecular formula is C19H11F6NO3S. The lowest BCUT2D eigenvalue weighted by molar-refractivity contribution is -0.274. The fraction of sp³-hybridized carbons (Fsp3) is 0.158. The number of hydrogen-bond donors (Lipinski definition) is 1. The van der Waals surface area contributed by atoms with Crippen LogP contribution < -0.4 is 4.74 Å². The normalized spacial score (nSPS) is 12.1. The van der Waals surface area contributed by atoms with Crippen molar-refractivity contribution in [2.75, 3.05) is 0 Å². The van der Waals surface area contributed by atoms with E-state index in [9.17, 15) is 36.2 Å². The Kier molecular flexibility index (Phi) is 5.75. The number of thiazole rings is 1. The highest BCUT2D eigenvalue weighted by atomic mass is 32.1. The molecule has 1 heterocycles. The number of halogens is 6. The van der Waals surface area contributed by atoms with E-state index in [0.29, 0.717) is 11.1 Å². The number of carboxylic acid groups (broad SMARTS) is 1. The smallest absolute Gasteiger partial charge is 0.477 e. The van der Waals surface area contributed by atoms with Crippen molar-refractivity contribution < 1.29 is 41.0 Å². The van der Waals surface area contributed by atoms with Gasteiger partial charge in [-0.15, -0.1) is 24.5 Å². The average Bonchev–Trinajstić information content (AvgIpc) is 3.06. The summed E-state index contributed by atoms with van der Waals surface area (Å²) in [5, 5.41) is 9.62. The van der Waals surface area contributed by atoms with E-state index in [2.05, 4.69) is 9.72 Å². The Hall–Kier alpha value is -3.08. The highest BCUT2D eigenvalue weighted by Gasteiger charge is 2.31. The van der Waals surface area contributed by atoms with Crippen LogP contribution in [-0.2, 0) is 12.6 Å². The first-order valence-corrected chi connectivity index (χ1v) is 8.99. The number of benzene rings is 2. The second-order valence-corrected chi connectivity index (χ2v) is 7.04. The van der Waals surface area contributed by atoms with E-state index in [1.165, 1.54) is 24.3 Å². The molecule has 11 heteroatoms. The average molecular weight is 447 g/mol. The summed E-state index contributed by atoms with van der Waals surface area (Å²) in [6.07, 6.45) is -9.32. The van der Waals surface area contributed by atoms with E-state index in [0.717, 1.165) is 35.6 Å². The molecule has 2 aromatic carbocycles. The van der Waals surface area contributed by atoms with Crippen molar-refractivity contribution in [3.8, 4) is 16.3 Å². The molecule has 3 rings (SSSR count). The number of aromatic carboxylic acids is 1. The molecule has 0 spiro atoms. The molecule has 0 radical (unpaired) electrons. The van der Waals surface area contributed by atoms with Crippen LogP contribution in [0.25, 0.3) is 10.6 Å². The number of carboxylic acids is 1. The zero-order chi connectivity index (χ0) is 22.1. The third kappa shape index (κ3) is 5.29. The van der Waals surface area contributed by atoms with Crippen molar-refractivity contribution in [3.63, 3.8) is 0 Å². The molecule has 158 valence electrons. The molecule has 0 fully saturated rings. The van der Waals surface area contributed by atoms with Crippen LogP contribution in [-0.4, -0.2) is 22.4 Å². The summed E-state index contributed by atoms with van der Waals surface area (Å²) in [6, 6.07) is 8.99. The van der Waals surface area contributed by atoms with Gasteiger partial charge in [-0.3, -0.25) is 0 Å². The molecule has 1 aromatic heterocycles. The second kappa shape index (κ2) is 7.98. The van der Waals surface area contributed by atoms with E-state index in [1.807, 2.05) is 0 Å². The quantitative estimate of drug-likeness (QED) is 0.486. The summed E-state index contributed by atoms with van der Waals surface area (Å²) in [6.45, 7) is 0. The number of alkyl halides is 6. The van der Waals surface area contributed by atoms with Crippen molar-refractivity contribution in [3.05, 3.63) is 70.2 Å². The Balaban J connectivity index is 1.85. The SMILES string of the molecule is O=C(O)c1sc(-c2ccc(C(F)(F)F)cc2)nc1Cc1ccc(OC(F)(F)F)cc1. The Morgan fingerprint density at radius 2 is 1.57 bits per heavy atom. The lowest BCUT2D eigenvalue weighted by atomic mass is 10.1. The monoisotopic (exact) mass is 447 g/mol. The number of hydrogen-bond acceptors (Lipinski definition) is 4. The summed E-state index contributed by atoms with van der Waals surface area (Å²) in [5.41, 5.74) is 0.0986. The van der Waals surface area contributed by atoms with Gasteiger partial charge in [-0.25, -0.2) is 9.78 Å². The van der Waals surface area contributed by atoms with Crippen LogP contribution >= 0.6 is 11.3 Å². The maximum Gasteiger partial charge on any atom is 0.573 e. The number of ether oxygens (including phenoxy) is 1. The highest BCUT2D eigenvalue weighted by Crippen LogP contribution is 2.34. The highest BCUT2D eigenvalue weighted by molar-refractivity contribution is 7.17. The Morgan fingerprint density at radius 1 is 0.967 bits per heavy atom. The van der Waals surface area contributed by atoms with Crippen LogP contribution in [0.1, 0.15) is 26.5 Å². The summed E-state index contributed by atoms with van der Waals surface area (Å²) in [7, 11) is 0. The van der Waals surface area contributed by atoms with Gasteiger partial charge in [-0.05, 0) is 29.8 Å². The van der Waals surface area contributed by atoms with Gasteiger partial charge in [0.25, 0.3) is 0 Å². The first-order valence-electron chi connectivity index (χ1n) is 8.18. The van der Waals surface area contributed by atoms with Crippen LogP contribution in [0.5, 0.6) is 5.75 Å². The van der Waals surface area contributed by atoms with E-state index in [1.54, 1.807) is 0 Å². The summed E-state index contributed by atoms with van der Waals surface area (Å²) in [4.78, 5) is 15.6. The lowest BCUT2D eigenvalue weighted by Crippen LogP contribution is -2.17. The predicted octanol–water partition coefficient (Wildman–Crippen LogP) is 6.02. The number of carbonyl (C=O) groups is 1. The maximum atomic E-state index is 12.7. The number of aromatic nitrogens is 1. The van der Waals surface area contributed by atoms with Gasteiger partial charge in [-0.1, -0.05) is 24.3 Å². The van der Waals surface area contributed by atoms with Crippen LogP contribution in [0.2, 0.25) is 0 Å². The first-order chi connectivity index (χ1) is 13.9. The standard InChI is InChI=1S/C19H11F6NO3S/c20-18(21,22)12-5-3-11(4-6-12)16-26-14(15(30-16)17(27)28)9-10-1-7-13(8-2-10)29-19(23,24)25/h1-8H,9H2,(H,27,28). The van der Waals surface area contributed by atoms with E-state index in [4.69, 9.17) is 0 Å². The molecule has 0 aliphatic rings. The van der Waals surface area contributed by atoms with Crippen LogP contribution in [0.15, 0.2) is 48.5 Å². The van der Waals surface area contributed by atoms with Crippen LogP contribution in [0.4, 0.5) is 26.3 Å². The van der Waals surface area contributed by atoms with E-state index < -0.39 is 29.8 Å². The van der Waals surface area contributed by atoms with Gasteiger partial charge in [0.15, 0.2) is 0 Å². The Bertz CT molecular complexity index is 1040. The van der Waals surface area contributed by atoms with Crippen molar-refractivity contribution in [2.24, 2.45) is 0 Å². The molecule has 0 aliphatic heterocycles. The molecule has 4 nitrogen and oxygen atoms in total. The molecular weight excluding hydrogens is 436 g/mol. The molecule has 1 N–H and O–H groups in total. The zero-order valence-electron chi connectivity index (χ0n) is 14.7. The van der Waals surface area contributed by atoms with Crippen molar-refractivity contribution in [1.29, 1.82) is 0 Å². The topological polar surface area (TPSA) is 59.4 Å². The zero-order valence-corrected chi connectivity index (χ0v) is 15.5. The second-order valence-electron chi connectivity index (χ2n) is 6.04. The molecule has 0 saturated carbocycles. The number of rotatable bonds is 5. The van der Waals surface area contributed by atoms with Gasteiger partial charge in [-0.2, -0.15) is 13.2 Å². The molecule has 0 atom stereocenters. The molecule has 0 saturated heterocycles. The molecule has 0 amide bonds.